The maximum atomic E-state index is 13.4. The summed E-state index contributed by atoms with van der Waals surface area (Å²) in [6.07, 6.45) is 1.75. The summed E-state index contributed by atoms with van der Waals surface area (Å²) in [6.45, 7) is 0.830. The standard InChI is InChI=1S/C21H19N3O5/c25-19(22-12-5-6-12)18-20(26)23-15-4-2-1-3-14(15)21(27)24(18)13-7-8-16-17(11-13)29-10-9-28-16/h1-4,7-8,11-12,18H,5-6,9-10H2,(H,22,25)(H,23,26). The maximum absolute atomic E-state index is 13.4. The Hall–Kier alpha value is -3.55. The quantitative estimate of drug-likeness (QED) is 0.774. The lowest BCUT2D eigenvalue weighted by atomic mass is 10.1. The van der Waals surface area contributed by atoms with Gasteiger partial charge in [-0.15, -0.1) is 0 Å². The number of hydrogen-bond acceptors (Lipinski definition) is 5. The van der Waals surface area contributed by atoms with Crippen LogP contribution in [0.15, 0.2) is 42.5 Å². The van der Waals surface area contributed by atoms with E-state index in [2.05, 4.69) is 10.6 Å². The van der Waals surface area contributed by atoms with Crippen LogP contribution >= 0.6 is 0 Å². The van der Waals surface area contributed by atoms with E-state index < -0.39 is 23.8 Å². The molecule has 2 aliphatic heterocycles. The first-order valence-electron chi connectivity index (χ1n) is 9.55. The summed E-state index contributed by atoms with van der Waals surface area (Å²) in [5, 5.41) is 5.56. The predicted molar refractivity (Wildman–Crippen MR) is 104 cm³/mol. The highest BCUT2D eigenvalue weighted by Gasteiger charge is 2.42. The number of amides is 3. The van der Waals surface area contributed by atoms with Crippen LogP contribution in [-0.4, -0.2) is 43.0 Å². The van der Waals surface area contributed by atoms with Crippen LogP contribution < -0.4 is 25.0 Å². The lowest BCUT2D eigenvalue weighted by Crippen LogP contribution is -2.55. The van der Waals surface area contributed by atoms with Crippen LogP contribution in [0.1, 0.15) is 23.2 Å². The highest BCUT2D eigenvalue weighted by molar-refractivity contribution is 6.25. The lowest BCUT2D eigenvalue weighted by Gasteiger charge is -2.29. The van der Waals surface area contributed by atoms with Gasteiger partial charge in [0.15, 0.2) is 17.5 Å². The summed E-state index contributed by atoms with van der Waals surface area (Å²) in [4.78, 5) is 40.7. The van der Waals surface area contributed by atoms with Crippen molar-refractivity contribution in [2.75, 3.05) is 23.4 Å². The third kappa shape index (κ3) is 3.16. The second-order valence-electron chi connectivity index (χ2n) is 7.22. The zero-order valence-corrected chi connectivity index (χ0v) is 15.5. The normalized spacial score (nSPS) is 20.4. The molecule has 29 heavy (non-hydrogen) atoms. The van der Waals surface area contributed by atoms with Gasteiger partial charge in [0.1, 0.15) is 13.2 Å². The second kappa shape index (κ2) is 6.80. The van der Waals surface area contributed by atoms with Crippen LogP contribution in [0.4, 0.5) is 11.4 Å². The van der Waals surface area contributed by atoms with Gasteiger partial charge in [0.25, 0.3) is 17.7 Å². The average Bonchev–Trinajstić information content (AvgIpc) is 3.55. The number of anilines is 2. The van der Waals surface area contributed by atoms with E-state index in [0.717, 1.165) is 12.8 Å². The van der Waals surface area contributed by atoms with E-state index in [-0.39, 0.29) is 6.04 Å². The Bertz CT molecular complexity index is 1020. The van der Waals surface area contributed by atoms with Gasteiger partial charge in [0.2, 0.25) is 0 Å². The Labute approximate surface area is 166 Å². The molecule has 0 spiro atoms. The van der Waals surface area contributed by atoms with Crippen molar-refractivity contribution in [2.45, 2.75) is 24.9 Å². The minimum atomic E-state index is -1.34. The first-order chi connectivity index (χ1) is 14.1. The molecule has 3 aliphatic rings. The van der Waals surface area contributed by atoms with Crippen molar-refractivity contribution in [3.63, 3.8) is 0 Å². The molecule has 148 valence electrons. The molecule has 5 rings (SSSR count). The molecule has 1 aliphatic carbocycles. The summed E-state index contributed by atoms with van der Waals surface area (Å²) in [7, 11) is 0. The minimum Gasteiger partial charge on any atom is -0.486 e. The van der Waals surface area contributed by atoms with Gasteiger partial charge >= 0.3 is 0 Å². The largest absolute Gasteiger partial charge is 0.486 e. The molecule has 2 aromatic rings. The van der Waals surface area contributed by atoms with Crippen LogP contribution in [0, 0.1) is 0 Å². The molecule has 3 amide bonds. The third-order valence-corrected chi connectivity index (χ3v) is 5.12. The number of fused-ring (bicyclic) bond motifs is 2. The Balaban J connectivity index is 1.61. The number of nitrogens with zero attached hydrogens (tertiary/aromatic N) is 1. The monoisotopic (exact) mass is 393 g/mol. The fourth-order valence-electron chi connectivity index (χ4n) is 3.54. The smallest absolute Gasteiger partial charge is 0.261 e. The van der Waals surface area contributed by atoms with Crippen molar-refractivity contribution in [1.29, 1.82) is 0 Å². The Morgan fingerprint density at radius 1 is 1.03 bits per heavy atom. The number of ether oxygens (including phenoxy) is 2. The summed E-state index contributed by atoms with van der Waals surface area (Å²) in [5.41, 5.74) is 1.09. The molecular weight excluding hydrogens is 374 g/mol. The fourth-order valence-corrected chi connectivity index (χ4v) is 3.54. The molecule has 0 saturated heterocycles. The van der Waals surface area contributed by atoms with E-state index >= 15 is 0 Å². The molecule has 0 bridgehead atoms. The number of para-hydroxylation sites is 1. The molecule has 0 radical (unpaired) electrons. The molecule has 2 aromatic carbocycles. The second-order valence-corrected chi connectivity index (χ2v) is 7.22. The van der Waals surface area contributed by atoms with Crippen LogP contribution in [0.25, 0.3) is 0 Å². The SMILES string of the molecule is O=C1Nc2ccccc2C(=O)N(c2ccc3c(c2)OCCO3)C1C(=O)NC1CC1. The Morgan fingerprint density at radius 2 is 1.79 bits per heavy atom. The highest BCUT2D eigenvalue weighted by Crippen LogP contribution is 2.36. The zero-order chi connectivity index (χ0) is 20.0. The van der Waals surface area contributed by atoms with Crippen LogP contribution in [0.2, 0.25) is 0 Å². The van der Waals surface area contributed by atoms with Gasteiger partial charge < -0.3 is 20.1 Å². The average molecular weight is 393 g/mol. The van der Waals surface area contributed by atoms with Gasteiger partial charge in [0, 0.05) is 17.8 Å². The molecule has 8 nitrogen and oxygen atoms in total. The number of benzene rings is 2. The van der Waals surface area contributed by atoms with Crippen LogP contribution in [-0.2, 0) is 9.59 Å². The Morgan fingerprint density at radius 3 is 2.59 bits per heavy atom. The number of nitrogens with one attached hydrogen (secondary N) is 2. The van der Waals surface area contributed by atoms with Crippen molar-refractivity contribution in [1.82, 2.24) is 5.32 Å². The summed E-state index contributed by atoms with van der Waals surface area (Å²) < 4.78 is 11.2. The molecule has 0 aromatic heterocycles. The first-order valence-corrected chi connectivity index (χ1v) is 9.55. The number of hydrogen-bond donors (Lipinski definition) is 2. The summed E-state index contributed by atoms with van der Waals surface area (Å²) in [6, 6.07) is 10.4. The van der Waals surface area contributed by atoms with E-state index in [1.807, 2.05) is 0 Å². The number of carbonyl (C=O) groups is 3. The molecule has 1 unspecified atom stereocenters. The highest BCUT2D eigenvalue weighted by atomic mass is 16.6. The molecule has 1 saturated carbocycles. The Kier molecular flexibility index (Phi) is 4.12. The van der Waals surface area contributed by atoms with Gasteiger partial charge in [-0.3, -0.25) is 19.3 Å². The zero-order valence-electron chi connectivity index (χ0n) is 15.5. The van der Waals surface area contributed by atoms with Crippen LogP contribution in [0.5, 0.6) is 11.5 Å². The third-order valence-electron chi connectivity index (χ3n) is 5.12. The predicted octanol–water partition coefficient (Wildman–Crippen LogP) is 1.70. The minimum absolute atomic E-state index is 0.0538. The van der Waals surface area contributed by atoms with Crippen molar-refractivity contribution < 1.29 is 23.9 Å². The van der Waals surface area contributed by atoms with E-state index in [4.69, 9.17) is 9.47 Å². The van der Waals surface area contributed by atoms with Crippen LogP contribution in [0.3, 0.4) is 0 Å². The van der Waals surface area contributed by atoms with E-state index in [9.17, 15) is 14.4 Å². The topological polar surface area (TPSA) is 97.0 Å². The summed E-state index contributed by atoms with van der Waals surface area (Å²) in [5.74, 6) is -0.462. The summed E-state index contributed by atoms with van der Waals surface area (Å²) >= 11 is 0. The van der Waals surface area contributed by atoms with Crippen molar-refractivity contribution in [3.05, 3.63) is 48.0 Å². The molecule has 1 fully saturated rings. The van der Waals surface area contributed by atoms with Crippen molar-refractivity contribution >= 4 is 29.1 Å². The van der Waals surface area contributed by atoms with E-state index in [1.165, 1.54) is 4.90 Å². The lowest BCUT2D eigenvalue weighted by molar-refractivity contribution is -0.128. The molecule has 1 atom stereocenters. The fraction of sp³-hybridized carbons (Fsp3) is 0.286. The van der Waals surface area contributed by atoms with Gasteiger partial charge in [-0.25, -0.2) is 0 Å². The van der Waals surface area contributed by atoms with Gasteiger partial charge in [0.05, 0.1) is 11.3 Å². The number of carbonyl (C=O) groups excluding carboxylic acids is 3. The molecule has 8 heteroatoms. The van der Waals surface area contributed by atoms with E-state index in [1.54, 1.807) is 42.5 Å². The van der Waals surface area contributed by atoms with E-state index in [0.29, 0.717) is 41.7 Å². The first kappa shape index (κ1) is 17.5. The molecule has 2 N–H and O–H groups in total. The number of rotatable bonds is 3. The maximum Gasteiger partial charge on any atom is 0.261 e. The van der Waals surface area contributed by atoms with Gasteiger partial charge in [-0.1, -0.05) is 12.1 Å². The molecule has 2 heterocycles. The van der Waals surface area contributed by atoms with Gasteiger partial charge in [-0.2, -0.15) is 0 Å². The molecular formula is C21H19N3O5. The van der Waals surface area contributed by atoms with Crippen molar-refractivity contribution in [2.24, 2.45) is 0 Å². The van der Waals surface area contributed by atoms with Crippen molar-refractivity contribution in [3.8, 4) is 11.5 Å². The van der Waals surface area contributed by atoms with Gasteiger partial charge in [-0.05, 0) is 37.1 Å².